The Kier molecular flexibility index (Phi) is 7.22. The van der Waals surface area contributed by atoms with E-state index in [4.69, 9.17) is 21.1 Å². The number of carbonyl (C=O) groups excluding carboxylic acids is 1. The van der Waals surface area contributed by atoms with E-state index >= 15 is 0 Å². The third-order valence-electron chi connectivity index (χ3n) is 4.46. The van der Waals surface area contributed by atoms with Crippen LogP contribution in [-0.2, 0) is 14.8 Å². The molecule has 32 heavy (non-hydrogen) atoms. The maximum atomic E-state index is 12.9. The zero-order valence-electron chi connectivity index (χ0n) is 17.7. The maximum absolute atomic E-state index is 12.9. The van der Waals surface area contributed by atoms with Crippen LogP contribution in [0.5, 0.6) is 11.5 Å². The largest absolute Gasteiger partial charge is 0.497 e. The van der Waals surface area contributed by atoms with Crippen LogP contribution in [0.3, 0.4) is 0 Å². The molecule has 1 unspecified atom stereocenters. The molecular formula is C20H21ClN4O5S2. The van der Waals surface area contributed by atoms with Crippen molar-refractivity contribution in [1.82, 2.24) is 10.2 Å². The van der Waals surface area contributed by atoms with E-state index in [2.05, 4.69) is 15.5 Å². The van der Waals surface area contributed by atoms with Gasteiger partial charge in [0.15, 0.2) is 0 Å². The highest BCUT2D eigenvalue weighted by Crippen LogP contribution is 2.34. The van der Waals surface area contributed by atoms with Gasteiger partial charge in [-0.05, 0) is 49.4 Å². The summed E-state index contributed by atoms with van der Waals surface area (Å²) in [5.41, 5.74) is 0.958. The smallest absolute Gasteiger partial charge is 0.249 e. The molecule has 0 spiro atoms. The molecule has 1 amide bonds. The fourth-order valence-electron chi connectivity index (χ4n) is 2.95. The molecule has 0 aliphatic carbocycles. The summed E-state index contributed by atoms with van der Waals surface area (Å²) in [7, 11) is -0.879. The van der Waals surface area contributed by atoms with Gasteiger partial charge in [-0.1, -0.05) is 22.9 Å². The molecule has 1 heterocycles. The summed E-state index contributed by atoms with van der Waals surface area (Å²) in [6, 6.07) is 10.6. The van der Waals surface area contributed by atoms with Crippen molar-refractivity contribution in [3.05, 3.63) is 47.5 Å². The third-order valence-corrected chi connectivity index (χ3v) is 6.81. The first-order chi connectivity index (χ1) is 15.1. The zero-order chi connectivity index (χ0) is 23.5. The van der Waals surface area contributed by atoms with Gasteiger partial charge in [0.1, 0.15) is 22.5 Å². The summed E-state index contributed by atoms with van der Waals surface area (Å²) in [6.07, 6.45) is 1.00. The number of hydrogen-bond acceptors (Lipinski definition) is 8. The second-order valence-electron chi connectivity index (χ2n) is 6.68. The molecule has 0 fully saturated rings. The Morgan fingerprint density at radius 2 is 1.81 bits per heavy atom. The summed E-state index contributed by atoms with van der Waals surface area (Å²) >= 11 is 7.22. The number of aromatic nitrogens is 2. The molecule has 0 bridgehead atoms. The lowest BCUT2D eigenvalue weighted by molar-refractivity contribution is -0.116. The SMILES string of the molecule is COc1ccc(-c2nnc(NC(=O)C(C)N(c3cc(Cl)ccc3OC)S(C)(=O)=O)s2)cc1. The van der Waals surface area contributed by atoms with Crippen LogP contribution in [0.1, 0.15) is 6.92 Å². The standard InChI is InChI=1S/C20H21ClN4O5S2/c1-12(25(32(4,27)28)16-11-14(21)7-10-17(16)30-3)18(26)22-20-24-23-19(31-20)13-5-8-15(29-2)9-6-13/h5-12H,1-4H3,(H,22,24,26). The number of anilines is 2. The third kappa shape index (κ3) is 5.29. The monoisotopic (exact) mass is 496 g/mol. The first kappa shape index (κ1) is 23.8. The first-order valence-electron chi connectivity index (χ1n) is 9.25. The fourth-order valence-corrected chi connectivity index (χ4v) is 5.04. The number of benzene rings is 2. The number of amides is 1. The minimum atomic E-state index is -3.86. The molecule has 2 aromatic carbocycles. The van der Waals surface area contributed by atoms with Gasteiger partial charge >= 0.3 is 0 Å². The minimum absolute atomic E-state index is 0.154. The van der Waals surface area contributed by atoms with Crippen molar-refractivity contribution in [2.45, 2.75) is 13.0 Å². The molecule has 170 valence electrons. The first-order valence-corrected chi connectivity index (χ1v) is 12.3. The van der Waals surface area contributed by atoms with Crippen LogP contribution in [0.25, 0.3) is 10.6 Å². The fraction of sp³-hybridized carbons (Fsp3) is 0.250. The van der Waals surface area contributed by atoms with Crippen LogP contribution in [0.4, 0.5) is 10.8 Å². The number of nitrogens with one attached hydrogen (secondary N) is 1. The van der Waals surface area contributed by atoms with Crippen molar-refractivity contribution in [3.8, 4) is 22.1 Å². The Morgan fingerprint density at radius 1 is 1.12 bits per heavy atom. The van der Waals surface area contributed by atoms with E-state index in [9.17, 15) is 13.2 Å². The van der Waals surface area contributed by atoms with E-state index in [1.807, 2.05) is 12.1 Å². The molecule has 3 rings (SSSR count). The zero-order valence-corrected chi connectivity index (χ0v) is 20.1. The molecule has 3 aromatic rings. The molecule has 12 heteroatoms. The number of hydrogen-bond donors (Lipinski definition) is 1. The predicted octanol–water partition coefficient (Wildman–Crippen LogP) is 3.67. The van der Waals surface area contributed by atoms with E-state index in [-0.39, 0.29) is 16.6 Å². The Hall–Kier alpha value is -2.89. The lowest BCUT2D eigenvalue weighted by atomic mass is 10.2. The molecular weight excluding hydrogens is 476 g/mol. The number of nitrogens with zero attached hydrogens (tertiary/aromatic N) is 3. The molecule has 0 radical (unpaired) electrons. The molecule has 0 aliphatic rings. The van der Waals surface area contributed by atoms with Crippen LogP contribution in [-0.4, -0.2) is 51.0 Å². The quantitative estimate of drug-likeness (QED) is 0.506. The summed E-state index contributed by atoms with van der Waals surface area (Å²) < 4.78 is 36.5. The number of halogens is 1. The van der Waals surface area contributed by atoms with Gasteiger partial charge in [-0.2, -0.15) is 0 Å². The van der Waals surface area contributed by atoms with Gasteiger partial charge in [0.05, 0.1) is 26.2 Å². The normalized spacial score (nSPS) is 12.2. The lowest BCUT2D eigenvalue weighted by Gasteiger charge is -2.29. The number of carbonyl (C=O) groups is 1. The lowest BCUT2D eigenvalue weighted by Crippen LogP contribution is -2.45. The summed E-state index contributed by atoms with van der Waals surface area (Å²) in [5, 5.41) is 11.8. The van der Waals surface area contributed by atoms with Crippen molar-refractivity contribution in [1.29, 1.82) is 0 Å². The molecule has 0 aliphatic heterocycles. The summed E-state index contributed by atoms with van der Waals surface area (Å²) in [5.74, 6) is 0.380. The van der Waals surface area contributed by atoms with Gasteiger partial charge in [-0.15, -0.1) is 10.2 Å². The summed E-state index contributed by atoms with van der Waals surface area (Å²) in [4.78, 5) is 12.9. The van der Waals surface area contributed by atoms with E-state index in [0.717, 1.165) is 27.5 Å². The van der Waals surface area contributed by atoms with E-state index < -0.39 is 22.0 Å². The number of rotatable bonds is 8. The van der Waals surface area contributed by atoms with Crippen LogP contribution in [0.2, 0.25) is 5.02 Å². The Balaban J connectivity index is 1.85. The molecule has 1 aromatic heterocycles. The average molecular weight is 497 g/mol. The van der Waals surface area contributed by atoms with Gasteiger partial charge < -0.3 is 9.47 Å². The average Bonchev–Trinajstić information content (AvgIpc) is 3.21. The Bertz CT molecular complexity index is 1210. The van der Waals surface area contributed by atoms with E-state index in [0.29, 0.717) is 15.8 Å². The predicted molar refractivity (Wildman–Crippen MR) is 125 cm³/mol. The van der Waals surface area contributed by atoms with Crippen LogP contribution < -0.4 is 19.1 Å². The maximum Gasteiger partial charge on any atom is 0.249 e. The van der Waals surface area contributed by atoms with Crippen molar-refractivity contribution >= 4 is 49.7 Å². The Labute approximate surface area is 195 Å². The van der Waals surface area contributed by atoms with E-state index in [1.54, 1.807) is 25.3 Å². The van der Waals surface area contributed by atoms with Crippen molar-refractivity contribution in [2.75, 3.05) is 30.1 Å². The topological polar surface area (TPSA) is 111 Å². The highest BCUT2D eigenvalue weighted by atomic mass is 35.5. The van der Waals surface area contributed by atoms with Crippen LogP contribution in [0, 0.1) is 0 Å². The number of sulfonamides is 1. The van der Waals surface area contributed by atoms with Crippen molar-refractivity contribution in [2.24, 2.45) is 0 Å². The number of ether oxygens (including phenoxy) is 2. The second-order valence-corrected chi connectivity index (χ2v) is 9.95. The van der Waals surface area contributed by atoms with Gasteiger partial charge in [0.25, 0.3) is 0 Å². The van der Waals surface area contributed by atoms with Crippen LogP contribution >= 0.6 is 22.9 Å². The van der Waals surface area contributed by atoms with E-state index in [1.165, 1.54) is 26.2 Å². The molecule has 0 saturated carbocycles. The van der Waals surface area contributed by atoms with Crippen LogP contribution in [0.15, 0.2) is 42.5 Å². The van der Waals surface area contributed by atoms with Crippen molar-refractivity contribution < 1.29 is 22.7 Å². The van der Waals surface area contributed by atoms with Gasteiger partial charge in [-0.3, -0.25) is 14.4 Å². The molecule has 9 nitrogen and oxygen atoms in total. The van der Waals surface area contributed by atoms with Gasteiger partial charge in [-0.25, -0.2) is 8.42 Å². The summed E-state index contributed by atoms with van der Waals surface area (Å²) in [6.45, 7) is 1.46. The highest BCUT2D eigenvalue weighted by molar-refractivity contribution is 7.92. The molecule has 1 N–H and O–H groups in total. The minimum Gasteiger partial charge on any atom is -0.497 e. The second kappa shape index (κ2) is 9.72. The molecule has 0 saturated heterocycles. The van der Waals surface area contributed by atoms with Gasteiger partial charge in [0.2, 0.25) is 21.1 Å². The highest BCUT2D eigenvalue weighted by Gasteiger charge is 2.32. The molecule has 1 atom stereocenters. The Morgan fingerprint density at radius 3 is 2.41 bits per heavy atom. The number of methoxy groups -OCH3 is 2. The van der Waals surface area contributed by atoms with Crippen molar-refractivity contribution in [3.63, 3.8) is 0 Å². The van der Waals surface area contributed by atoms with Gasteiger partial charge in [0, 0.05) is 10.6 Å².